The number of ether oxygens (including phenoxy) is 1. The summed E-state index contributed by atoms with van der Waals surface area (Å²) >= 11 is 0.959. The summed E-state index contributed by atoms with van der Waals surface area (Å²) in [4.78, 5) is 24.8. The van der Waals surface area contributed by atoms with E-state index in [2.05, 4.69) is 14.1 Å². The third-order valence-electron chi connectivity index (χ3n) is 5.04. The molecule has 9 nitrogen and oxygen atoms in total. The van der Waals surface area contributed by atoms with E-state index in [9.17, 15) is 18.0 Å². The number of esters is 1. The molecule has 1 aromatic heterocycles. The number of methoxy groups -OCH3 is 1. The van der Waals surface area contributed by atoms with Crippen LogP contribution in [0.25, 0.3) is 11.0 Å². The van der Waals surface area contributed by atoms with Crippen molar-refractivity contribution in [2.24, 2.45) is 11.8 Å². The Morgan fingerprint density at radius 1 is 1.31 bits per heavy atom. The van der Waals surface area contributed by atoms with Crippen LogP contribution in [0.2, 0.25) is 0 Å². The SMILES string of the molecule is COC(=O)[C@@H](NC(=O)C1CCCN(S(=O)(=O)c2cccc3nsnc23)C1)C(C)C. The standard InChI is InChI=1S/C18H24N4O5S2/c1-11(2)15(18(24)27-3)19-17(23)12-6-5-9-22(10-12)29(25,26)14-8-4-7-13-16(14)21-28-20-13/h4,7-8,11-12,15H,5-6,9-10H2,1-3H3,(H,19,23)/t12?,15-/m0/s1. The number of carbonyl (C=O) groups is 2. The highest BCUT2D eigenvalue weighted by atomic mass is 32.2. The molecule has 0 bridgehead atoms. The maximum absolute atomic E-state index is 13.2. The van der Waals surface area contributed by atoms with Crippen LogP contribution in [0.5, 0.6) is 0 Å². The van der Waals surface area contributed by atoms with E-state index in [1.165, 1.54) is 17.5 Å². The molecule has 1 saturated heterocycles. The zero-order valence-corrected chi connectivity index (χ0v) is 18.1. The van der Waals surface area contributed by atoms with Crippen molar-refractivity contribution in [3.8, 4) is 0 Å². The zero-order valence-electron chi connectivity index (χ0n) is 16.5. The Labute approximate surface area is 173 Å². The lowest BCUT2D eigenvalue weighted by atomic mass is 9.97. The third kappa shape index (κ3) is 4.41. The van der Waals surface area contributed by atoms with E-state index in [-0.39, 0.29) is 23.3 Å². The minimum absolute atomic E-state index is 0.0497. The number of nitrogens with one attached hydrogen (secondary N) is 1. The van der Waals surface area contributed by atoms with E-state index in [0.29, 0.717) is 30.4 Å². The first-order chi connectivity index (χ1) is 13.8. The van der Waals surface area contributed by atoms with Crippen molar-refractivity contribution in [3.63, 3.8) is 0 Å². The Morgan fingerprint density at radius 2 is 2.07 bits per heavy atom. The van der Waals surface area contributed by atoms with Crippen LogP contribution in [-0.4, -0.2) is 59.6 Å². The molecule has 1 amide bonds. The molecule has 2 heterocycles. The molecule has 0 aliphatic carbocycles. The average Bonchev–Trinajstić information content (AvgIpc) is 3.19. The number of hydrogen-bond acceptors (Lipinski definition) is 8. The molecule has 2 aromatic rings. The van der Waals surface area contributed by atoms with E-state index < -0.39 is 28.0 Å². The highest BCUT2D eigenvalue weighted by Crippen LogP contribution is 2.28. The Bertz CT molecular complexity index is 1000. The fourth-order valence-corrected chi connectivity index (χ4v) is 5.68. The normalized spacial score (nSPS) is 19.2. The molecule has 11 heteroatoms. The summed E-state index contributed by atoms with van der Waals surface area (Å²) in [7, 11) is -2.55. The molecule has 1 fully saturated rings. The number of carbonyl (C=O) groups excluding carboxylic acids is 2. The number of nitrogens with zero attached hydrogens (tertiary/aromatic N) is 3. The van der Waals surface area contributed by atoms with Gasteiger partial charge in [0.25, 0.3) is 0 Å². The Hall–Kier alpha value is -2.11. The minimum atomic E-state index is -3.82. The molecule has 1 aliphatic heterocycles. The molecule has 0 saturated carbocycles. The quantitative estimate of drug-likeness (QED) is 0.675. The predicted octanol–water partition coefficient (Wildman–Crippen LogP) is 1.41. The summed E-state index contributed by atoms with van der Waals surface area (Å²) in [5, 5.41) is 2.72. The van der Waals surface area contributed by atoms with E-state index >= 15 is 0 Å². The topological polar surface area (TPSA) is 119 Å². The summed E-state index contributed by atoms with van der Waals surface area (Å²) in [5.74, 6) is -1.55. The fourth-order valence-electron chi connectivity index (χ4n) is 3.40. The van der Waals surface area contributed by atoms with E-state index in [1.54, 1.807) is 12.1 Å². The van der Waals surface area contributed by atoms with Gasteiger partial charge in [-0.2, -0.15) is 13.1 Å². The second-order valence-corrected chi connectivity index (χ2v) is 9.78. The van der Waals surface area contributed by atoms with Crippen LogP contribution in [0.1, 0.15) is 26.7 Å². The highest BCUT2D eigenvalue weighted by molar-refractivity contribution is 7.89. The summed E-state index contributed by atoms with van der Waals surface area (Å²) in [6, 6.07) is 4.08. The molecule has 158 valence electrons. The molecular formula is C18H24N4O5S2. The van der Waals surface area contributed by atoms with Crippen LogP contribution in [-0.2, 0) is 24.3 Å². The first-order valence-electron chi connectivity index (χ1n) is 9.35. The summed E-state index contributed by atoms with van der Waals surface area (Å²) < 4.78 is 40.7. The molecule has 2 atom stereocenters. The van der Waals surface area contributed by atoms with E-state index in [1.807, 2.05) is 13.8 Å². The van der Waals surface area contributed by atoms with Gasteiger partial charge >= 0.3 is 5.97 Å². The lowest BCUT2D eigenvalue weighted by molar-refractivity contribution is -0.147. The first-order valence-corrected chi connectivity index (χ1v) is 11.5. The summed E-state index contributed by atoms with van der Waals surface area (Å²) in [5.41, 5.74) is 0.870. The largest absolute Gasteiger partial charge is 0.467 e. The van der Waals surface area contributed by atoms with Crippen molar-refractivity contribution in [1.29, 1.82) is 0 Å². The Balaban J connectivity index is 1.79. The number of sulfonamides is 1. The van der Waals surface area contributed by atoms with Crippen LogP contribution in [0.15, 0.2) is 23.1 Å². The first kappa shape index (κ1) is 21.6. The third-order valence-corrected chi connectivity index (χ3v) is 7.48. The number of benzene rings is 1. The van der Waals surface area contributed by atoms with Crippen LogP contribution in [0.3, 0.4) is 0 Å². The van der Waals surface area contributed by atoms with Gasteiger partial charge in [0, 0.05) is 13.1 Å². The van der Waals surface area contributed by atoms with Crippen molar-refractivity contribution in [2.45, 2.75) is 37.6 Å². The molecule has 29 heavy (non-hydrogen) atoms. The monoisotopic (exact) mass is 440 g/mol. The molecule has 0 radical (unpaired) electrons. The second-order valence-electron chi connectivity index (χ2n) is 7.34. The van der Waals surface area contributed by atoms with E-state index in [4.69, 9.17) is 4.74 Å². The minimum Gasteiger partial charge on any atom is -0.467 e. The van der Waals surface area contributed by atoms with Crippen LogP contribution in [0.4, 0.5) is 0 Å². The zero-order chi connectivity index (χ0) is 21.2. The molecular weight excluding hydrogens is 416 g/mol. The smallest absolute Gasteiger partial charge is 0.328 e. The van der Waals surface area contributed by atoms with Gasteiger partial charge in [0.15, 0.2) is 0 Å². The molecule has 0 spiro atoms. The summed E-state index contributed by atoms with van der Waals surface area (Å²) in [6.45, 7) is 3.99. The number of amides is 1. The van der Waals surface area contributed by atoms with Gasteiger partial charge in [0.1, 0.15) is 22.0 Å². The van der Waals surface area contributed by atoms with Gasteiger partial charge in [-0.1, -0.05) is 19.9 Å². The predicted molar refractivity (Wildman–Crippen MR) is 108 cm³/mol. The lowest BCUT2D eigenvalue weighted by Gasteiger charge is -2.32. The molecule has 1 N–H and O–H groups in total. The van der Waals surface area contributed by atoms with Crippen molar-refractivity contribution >= 4 is 44.7 Å². The van der Waals surface area contributed by atoms with Crippen LogP contribution in [0, 0.1) is 11.8 Å². The van der Waals surface area contributed by atoms with Gasteiger partial charge < -0.3 is 10.1 Å². The number of fused-ring (bicyclic) bond motifs is 1. The van der Waals surface area contributed by atoms with Gasteiger partial charge in [0.2, 0.25) is 15.9 Å². The fraction of sp³-hybridized carbons (Fsp3) is 0.556. The van der Waals surface area contributed by atoms with Crippen LogP contribution >= 0.6 is 11.7 Å². The lowest BCUT2D eigenvalue weighted by Crippen LogP contribution is -2.51. The van der Waals surface area contributed by atoms with Crippen molar-refractivity contribution in [1.82, 2.24) is 18.4 Å². The maximum atomic E-state index is 13.2. The summed E-state index contributed by atoms with van der Waals surface area (Å²) in [6.07, 6.45) is 1.10. The van der Waals surface area contributed by atoms with Crippen molar-refractivity contribution in [2.75, 3.05) is 20.2 Å². The van der Waals surface area contributed by atoms with Crippen LogP contribution < -0.4 is 5.32 Å². The van der Waals surface area contributed by atoms with Gasteiger partial charge in [-0.15, -0.1) is 0 Å². The molecule has 3 rings (SSSR count). The van der Waals surface area contributed by atoms with Gasteiger partial charge in [-0.3, -0.25) is 4.79 Å². The number of rotatable bonds is 6. The second kappa shape index (κ2) is 8.72. The van der Waals surface area contributed by atoms with Gasteiger partial charge in [0.05, 0.1) is 24.8 Å². The number of aromatic nitrogens is 2. The average molecular weight is 441 g/mol. The maximum Gasteiger partial charge on any atom is 0.328 e. The number of hydrogen-bond donors (Lipinski definition) is 1. The Morgan fingerprint density at radius 3 is 2.76 bits per heavy atom. The molecule has 1 aromatic carbocycles. The molecule has 1 unspecified atom stereocenters. The van der Waals surface area contributed by atoms with Gasteiger partial charge in [-0.05, 0) is 30.9 Å². The van der Waals surface area contributed by atoms with Crippen molar-refractivity contribution in [3.05, 3.63) is 18.2 Å². The van der Waals surface area contributed by atoms with E-state index in [0.717, 1.165) is 11.7 Å². The molecule has 1 aliphatic rings. The Kier molecular flexibility index (Phi) is 6.49. The highest BCUT2D eigenvalue weighted by Gasteiger charge is 2.36. The van der Waals surface area contributed by atoms with Crippen molar-refractivity contribution < 1.29 is 22.7 Å². The van der Waals surface area contributed by atoms with Gasteiger partial charge in [-0.25, -0.2) is 13.2 Å². The number of piperidine rings is 1.